The van der Waals surface area contributed by atoms with Crippen molar-refractivity contribution in [3.05, 3.63) is 38.9 Å². The summed E-state index contributed by atoms with van der Waals surface area (Å²) < 4.78 is 33.0. The zero-order valence-electron chi connectivity index (χ0n) is 12.7. The van der Waals surface area contributed by atoms with Gasteiger partial charge >= 0.3 is 5.97 Å². The average Bonchev–Trinajstić information content (AvgIpc) is 3.33. The van der Waals surface area contributed by atoms with Gasteiger partial charge in [-0.25, -0.2) is 13.6 Å². The van der Waals surface area contributed by atoms with E-state index in [0.29, 0.717) is 0 Å². The third-order valence-electron chi connectivity index (χ3n) is 3.34. The van der Waals surface area contributed by atoms with Crippen molar-refractivity contribution < 1.29 is 23.4 Å². The molecule has 7 heteroatoms. The number of esters is 1. The molecular formula is C16H16BrF2NO3. The van der Waals surface area contributed by atoms with Crippen LogP contribution in [0.1, 0.15) is 30.9 Å². The summed E-state index contributed by atoms with van der Waals surface area (Å²) in [5, 5.41) is 10.3. The van der Waals surface area contributed by atoms with Crippen molar-refractivity contribution in [1.29, 1.82) is 0 Å². The lowest BCUT2D eigenvalue weighted by Gasteiger charge is -2.11. The average molecular weight is 388 g/mol. The fraction of sp³-hybridized carbons (Fsp3) is 0.375. The predicted octanol–water partition coefficient (Wildman–Crippen LogP) is 4.10. The van der Waals surface area contributed by atoms with E-state index >= 15 is 0 Å². The van der Waals surface area contributed by atoms with E-state index in [9.17, 15) is 18.7 Å². The molecule has 0 bridgehead atoms. The monoisotopic (exact) mass is 387 g/mol. The number of hydrogen-bond acceptors (Lipinski definition) is 4. The molecule has 23 heavy (non-hydrogen) atoms. The highest BCUT2D eigenvalue weighted by molar-refractivity contribution is 9.10. The molecule has 0 aliphatic heterocycles. The van der Waals surface area contributed by atoms with E-state index in [1.165, 1.54) is 13.1 Å². The number of aliphatic imine (C=N–C) groups is 1. The summed E-state index contributed by atoms with van der Waals surface area (Å²) in [5.41, 5.74) is -0.707. The maximum Gasteiger partial charge on any atom is 0.343 e. The minimum absolute atomic E-state index is 0.00566. The molecule has 1 fully saturated rings. The predicted molar refractivity (Wildman–Crippen MR) is 86.5 cm³/mol. The number of carbonyl (C=O) groups is 1. The number of carbonyl (C=O) groups excluding carboxylic acids is 1. The molecule has 0 radical (unpaired) electrons. The van der Waals surface area contributed by atoms with E-state index in [1.54, 1.807) is 6.92 Å². The third kappa shape index (κ3) is 3.96. The van der Waals surface area contributed by atoms with E-state index in [-0.39, 0.29) is 28.3 Å². The van der Waals surface area contributed by atoms with Crippen LogP contribution in [0.3, 0.4) is 0 Å². The Balaban J connectivity index is 2.54. The van der Waals surface area contributed by atoms with Crippen LogP contribution in [0.15, 0.2) is 21.1 Å². The second-order valence-corrected chi connectivity index (χ2v) is 5.94. The van der Waals surface area contributed by atoms with Crippen LogP contribution in [0, 0.1) is 18.6 Å². The lowest BCUT2D eigenvalue weighted by molar-refractivity contribution is -0.137. The van der Waals surface area contributed by atoms with Gasteiger partial charge in [0.1, 0.15) is 23.0 Å². The molecule has 1 N–H and O–H groups in total. The highest BCUT2D eigenvalue weighted by Crippen LogP contribution is 2.30. The largest absolute Gasteiger partial charge is 0.506 e. The van der Waals surface area contributed by atoms with Gasteiger partial charge in [0.05, 0.1) is 22.7 Å². The molecule has 0 spiro atoms. The summed E-state index contributed by atoms with van der Waals surface area (Å²) in [4.78, 5) is 16.1. The minimum atomic E-state index is -0.838. The molecule has 1 aromatic rings. The smallest absolute Gasteiger partial charge is 0.343 e. The van der Waals surface area contributed by atoms with Crippen molar-refractivity contribution in [1.82, 2.24) is 0 Å². The van der Waals surface area contributed by atoms with Crippen LogP contribution in [0.5, 0.6) is 0 Å². The van der Waals surface area contributed by atoms with E-state index < -0.39 is 28.9 Å². The van der Waals surface area contributed by atoms with Gasteiger partial charge in [-0.15, -0.1) is 0 Å². The number of ether oxygens (including phenoxy) is 1. The topological polar surface area (TPSA) is 58.9 Å². The second kappa shape index (κ2) is 7.21. The molecule has 0 aromatic heterocycles. The first-order valence-electron chi connectivity index (χ1n) is 7.14. The normalized spacial score (nSPS) is 15.7. The third-order valence-corrected chi connectivity index (χ3v) is 4.32. The summed E-state index contributed by atoms with van der Waals surface area (Å²) >= 11 is 2.93. The van der Waals surface area contributed by atoms with Crippen LogP contribution in [-0.4, -0.2) is 29.9 Å². The van der Waals surface area contributed by atoms with E-state index in [1.807, 2.05) is 0 Å². The highest BCUT2D eigenvalue weighted by atomic mass is 79.9. The summed E-state index contributed by atoms with van der Waals surface area (Å²) in [7, 11) is 0. The van der Waals surface area contributed by atoms with E-state index in [2.05, 4.69) is 20.9 Å². The molecule has 1 aliphatic carbocycles. The molecule has 1 saturated carbocycles. The van der Waals surface area contributed by atoms with Gasteiger partial charge in [-0.2, -0.15) is 0 Å². The Kier molecular flexibility index (Phi) is 5.51. The molecule has 124 valence electrons. The molecule has 0 atom stereocenters. The van der Waals surface area contributed by atoms with Gasteiger partial charge in [-0.3, -0.25) is 4.99 Å². The fourth-order valence-electron chi connectivity index (χ4n) is 1.87. The molecule has 0 unspecified atom stereocenters. The number of benzene rings is 1. The molecule has 0 heterocycles. The molecule has 1 aliphatic rings. The minimum Gasteiger partial charge on any atom is -0.506 e. The standard InChI is InChI=1S/C16H16BrF2NO3/c1-3-23-16(22)11(7-20-9-4-5-9)15(21)10-6-12(18)13(17)8(2)14(10)19/h6-7,9,21H,3-5H2,1-2H3. The first-order chi connectivity index (χ1) is 10.9. The van der Waals surface area contributed by atoms with Crippen molar-refractivity contribution in [2.45, 2.75) is 32.7 Å². The molecule has 0 saturated heterocycles. The number of aliphatic hydroxyl groups excluding tert-OH is 1. The summed E-state index contributed by atoms with van der Waals surface area (Å²) in [5.74, 6) is -3.10. The Morgan fingerprint density at radius 3 is 2.74 bits per heavy atom. The zero-order valence-corrected chi connectivity index (χ0v) is 14.3. The number of halogens is 3. The van der Waals surface area contributed by atoms with Crippen molar-refractivity contribution in [3.8, 4) is 0 Å². The Morgan fingerprint density at radius 2 is 2.17 bits per heavy atom. The SMILES string of the molecule is CCOC(=O)C(C=NC1CC1)=C(O)c1cc(F)c(Br)c(C)c1F. The molecule has 0 amide bonds. The van der Waals surface area contributed by atoms with E-state index in [4.69, 9.17) is 4.74 Å². The van der Waals surface area contributed by atoms with Crippen LogP contribution < -0.4 is 0 Å². The Labute approximate surface area is 141 Å². The highest BCUT2D eigenvalue weighted by Gasteiger charge is 2.24. The summed E-state index contributed by atoms with van der Waals surface area (Å²) in [6.45, 7) is 3.05. The van der Waals surface area contributed by atoms with Gasteiger partial charge in [0.15, 0.2) is 0 Å². The summed E-state index contributed by atoms with van der Waals surface area (Å²) in [6, 6.07) is 0.923. The molecule has 2 rings (SSSR count). The maximum atomic E-state index is 14.3. The van der Waals surface area contributed by atoms with E-state index in [0.717, 1.165) is 18.9 Å². The Morgan fingerprint density at radius 1 is 1.52 bits per heavy atom. The lowest BCUT2D eigenvalue weighted by atomic mass is 10.0. The summed E-state index contributed by atoms with van der Waals surface area (Å²) in [6.07, 6.45) is 2.96. The van der Waals surface area contributed by atoms with Gasteiger partial charge < -0.3 is 9.84 Å². The molecular weight excluding hydrogens is 372 g/mol. The second-order valence-electron chi connectivity index (χ2n) is 5.15. The molecule has 1 aromatic carbocycles. The van der Waals surface area contributed by atoms with Gasteiger partial charge in [0.25, 0.3) is 0 Å². The number of hydrogen-bond donors (Lipinski definition) is 1. The van der Waals surface area contributed by atoms with Crippen molar-refractivity contribution in [2.24, 2.45) is 4.99 Å². The number of nitrogens with zero attached hydrogens (tertiary/aromatic N) is 1. The number of rotatable bonds is 5. The van der Waals surface area contributed by atoms with Crippen LogP contribution in [0.2, 0.25) is 0 Å². The van der Waals surface area contributed by atoms with Gasteiger partial charge in [-0.1, -0.05) is 0 Å². The van der Waals surface area contributed by atoms with Crippen LogP contribution >= 0.6 is 15.9 Å². The van der Waals surface area contributed by atoms with Crippen LogP contribution in [-0.2, 0) is 9.53 Å². The lowest BCUT2D eigenvalue weighted by Crippen LogP contribution is -2.12. The first-order valence-corrected chi connectivity index (χ1v) is 7.94. The van der Waals surface area contributed by atoms with Gasteiger partial charge in [0.2, 0.25) is 0 Å². The van der Waals surface area contributed by atoms with Crippen molar-refractivity contribution >= 4 is 33.9 Å². The van der Waals surface area contributed by atoms with Gasteiger partial charge in [0, 0.05) is 11.8 Å². The van der Waals surface area contributed by atoms with Crippen LogP contribution in [0.4, 0.5) is 8.78 Å². The maximum absolute atomic E-state index is 14.3. The van der Waals surface area contributed by atoms with Crippen molar-refractivity contribution in [2.75, 3.05) is 6.61 Å². The Hall–Kier alpha value is -1.76. The number of aliphatic hydroxyl groups is 1. The zero-order chi connectivity index (χ0) is 17.1. The van der Waals surface area contributed by atoms with Crippen molar-refractivity contribution in [3.63, 3.8) is 0 Å². The van der Waals surface area contributed by atoms with Crippen LogP contribution in [0.25, 0.3) is 5.76 Å². The Bertz CT molecular complexity index is 697. The quantitative estimate of drug-likeness (QED) is 0.272. The first kappa shape index (κ1) is 17.6. The van der Waals surface area contributed by atoms with Gasteiger partial charge in [-0.05, 0) is 48.7 Å². The fourth-order valence-corrected chi connectivity index (χ4v) is 2.16. The molecule has 4 nitrogen and oxygen atoms in total.